The minimum atomic E-state index is -0.192. The highest BCUT2D eigenvalue weighted by molar-refractivity contribution is 7.98. The molecule has 0 aliphatic heterocycles. The van der Waals surface area contributed by atoms with E-state index in [1.54, 1.807) is 17.3 Å². The fourth-order valence-corrected chi connectivity index (χ4v) is 8.27. The van der Waals surface area contributed by atoms with Gasteiger partial charge >= 0.3 is 0 Å². The minimum absolute atomic E-state index is 0.00150. The number of allylic oxidation sites excluding steroid dienone is 4. The van der Waals surface area contributed by atoms with E-state index < -0.39 is 0 Å². The van der Waals surface area contributed by atoms with Crippen LogP contribution in [-0.2, 0) is 4.79 Å². The maximum absolute atomic E-state index is 12.1. The van der Waals surface area contributed by atoms with E-state index in [9.17, 15) is 9.90 Å². The Kier molecular flexibility index (Phi) is 8.88. The van der Waals surface area contributed by atoms with Crippen molar-refractivity contribution < 1.29 is 9.90 Å². The molecule has 4 aliphatic carbocycles. The van der Waals surface area contributed by atoms with E-state index in [0.717, 1.165) is 44.1 Å². The standard InChI is InChI=1S/C28H37NO2.C9H8S/c1-17(2)29(4)20-8-5-18(6-9-20)24-16-28(3)25(13-14-26(28)31)23-11-7-19-15-21(30)10-12-22(19)27(23)24;1-3-8-4-6-9(10-2)7-5-8/h5-6,8-9,15,17,23-26,31H,7,10-14,16H2,1-4H3;1,4-7H,2H3. The van der Waals surface area contributed by atoms with Crippen molar-refractivity contribution in [2.75, 3.05) is 18.2 Å². The van der Waals surface area contributed by atoms with Gasteiger partial charge in [0.1, 0.15) is 0 Å². The minimum Gasteiger partial charge on any atom is -0.393 e. The number of carbonyl (C=O) groups excluding carboxylic acids is 1. The Hall–Kier alpha value is -2.74. The molecule has 5 atom stereocenters. The first-order chi connectivity index (χ1) is 19.7. The predicted molar refractivity (Wildman–Crippen MR) is 172 cm³/mol. The van der Waals surface area contributed by atoms with Crippen molar-refractivity contribution in [1.29, 1.82) is 0 Å². The van der Waals surface area contributed by atoms with Crippen LogP contribution in [0.15, 0.2) is 76.2 Å². The second kappa shape index (κ2) is 12.2. The number of terminal acetylenes is 1. The van der Waals surface area contributed by atoms with Crippen LogP contribution in [0.4, 0.5) is 5.69 Å². The van der Waals surface area contributed by atoms with E-state index in [1.165, 1.54) is 27.3 Å². The van der Waals surface area contributed by atoms with Gasteiger partial charge in [-0.05, 0) is 135 Å². The van der Waals surface area contributed by atoms with Crippen molar-refractivity contribution >= 4 is 23.2 Å². The first-order valence-corrected chi connectivity index (χ1v) is 16.5. The summed E-state index contributed by atoms with van der Waals surface area (Å²) in [7, 11) is 2.15. The predicted octanol–water partition coefficient (Wildman–Crippen LogP) is 8.18. The van der Waals surface area contributed by atoms with Crippen molar-refractivity contribution in [3.8, 4) is 12.3 Å². The lowest BCUT2D eigenvalue weighted by molar-refractivity contribution is -0.114. The summed E-state index contributed by atoms with van der Waals surface area (Å²) in [4.78, 5) is 15.7. The summed E-state index contributed by atoms with van der Waals surface area (Å²) in [6, 6.07) is 17.6. The number of anilines is 1. The van der Waals surface area contributed by atoms with Crippen LogP contribution in [0.1, 0.15) is 82.8 Å². The number of nitrogens with zero attached hydrogens (tertiary/aromatic N) is 1. The van der Waals surface area contributed by atoms with Crippen molar-refractivity contribution in [2.24, 2.45) is 17.3 Å². The van der Waals surface area contributed by atoms with Crippen molar-refractivity contribution in [3.05, 3.63) is 82.5 Å². The van der Waals surface area contributed by atoms with Gasteiger partial charge in [-0.15, -0.1) is 18.2 Å². The normalized spacial score (nSPS) is 28.5. The molecule has 1 N–H and O–H groups in total. The number of fused-ring (bicyclic) bond motifs is 4. The second-order valence-corrected chi connectivity index (χ2v) is 13.7. The summed E-state index contributed by atoms with van der Waals surface area (Å²) in [5.74, 6) is 4.35. The van der Waals surface area contributed by atoms with Crippen molar-refractivity contribution in [3.63, 3.8) is 0 Å². The first-order valence-electron chi connectivity index (χ1n) is 15.2. The number of aliphatic hydroxyl groups is 1. The average Bonchev–Trinajstić information content (AvgIpc) is 3.30. The summed E-state index contributed by atoms with van der Waals surface area (Å²) in [6.45, 7) is 6.78. The van der Waals surface area contributed by atoms with Crippen LogP contribution in [0.2, 0.25) is 0 Å². The molecule has 2 aromatic carbocycles. The largest absolute Gasteiger partial charge is 0.393 e. The zero-order valence-electron chi connectivity index (χ0n) is 25.3. The highest BCUT2D eigenvalue weighted by Crippen LogP contribution is 2.63. The molecule has 2 saturated carbocycles. The molecule has 0 aromatic heterocycles. The van der Waals surface area contributed by atoms with E-state index >= 15 is 0 Å². The highest BCUT2D eigenvalue weighted by Gasteiger charge is 2.56. The summed E-state index contributed by atoms with van der Waals surface area (Å²) >= 11 is 1.72. The topological polar surface area (TPSA) is 40.5 Å². The molecule has 4 aliphatic rings. The Bertz CT molecular complexity index is 1360. The number of hydrogen-bond donors (Lipinski definition) is 1. The molecule has 0 bridgehead atoms. The third-order valence-electron chi connectivity index (χ3n) is 10.4. The molecular weight excluding hydrogens is 522 g/mol. The summed E-state index contributed by atoms with van der Waals surface area (Å²) in [5, 5.41) is 11.0. The molecule has 0 amide bonds. The lowest BCUT2D eigenvalue weighted by Crippen LogP contribution is -2.45. The van der Waals surface area contributed by atoms with Crippen molar-refractivity contribution in [2.45, 2.75) is 88.7 Å². The van der Waals surface area contributed by atoms with Gasteiger partial charge in [0.25, 0.3) is 0 Å². The number of hydrogen-bond acceptors (Lipinski definition) is 4. The number of aliphatic hydroxyl groups excluding tert-OH is 1. The quantitative estimate of drug-likeness (QED) is 0.299. The third-order valence-corrected chi connectivity index (χ3v) is 11.2. The fourth-order valence-electron chi connectivity index (χ4n) is 7.86. The summed E-state index contributed by atoms with van der Waals surface area (Å²) in [6.07, 6.45) is 15.8. The Labute approximate surface area is 251 Å². The van der Waals surface area contributed by atoms with Gasteiger partial charge in [-0.25, -0.2) is 0 Å². The molecule has 0 spiro atoms. The van der Waals surface area contributed by atoms with Crippen LogP contribution in [0.25, 0.3) is 0 Å². The third kappa shape index (κ3) is 5.81. The van der Waals surface area contributed by atoms with Crippen LogP contribution in [0, 0.1) is 29.6 Å². The number of rotatable bonds is 4. The van der Waals surface area contributed by atoms with E-state index in [1.807, 2.05) is 36.6 Å². The number of carbonyl (C=O) groups is 1. The van der Waals surface area contributed by atoms with E-state index in [-0.39, 0.29) is 11.5 Å². The Balaban J connectivity index is 0.000000287. The molecule has 2 fully saturated rings. The lowest BCUT2D eigenvalue weighted by Gasteiger charge is -2.52. The van der Waals surface area contributed by atoms with Crippen LogP contribution in [0.5, 0.6) is 0 Å². The summed E-state index contributed by atoms with van der Waals surface area (Å²) < 4.78 is 0. The van der Waals surface area contributed by atoms with E-state index in [2.05, 4.69) is 62.9 Å². The molecule has 0 radical (unpaired) electrons. The number of ketones is 1. The monoisotopic (exact) mass is 567 g/mol. The maximum atomic E-state index is 12.1. The van der Waals surface area contributed by atoms with Gasteiger partial charge in [-0.2, -0.15) is 0 Å². The molecule has 5 unspecified atom stereocenters. The molecule has 41 heavy (non-hydrogen) atoms. The van der Waals surface area contributed by atoms with Gasteiger partial charge in [-0.3, -0.25) is 4.79 Å². The molecule has 2 aromatic rings. The highest BCUT2D eigenvalue weighted by atomic mass is 32.2. The van der Waals surface area contributed by atoms with Crippen LogP contribution < -0.4 is 4.90 Å². The smallest absolute Gasteiger partial charge is 0.156 e. The van der Waals surface area contributed by atoms with Gasteiger partial charge in [0, 0.05) is 41.6 Å². The van der Waals surface area contributed by atoms with Gasteiger partial charge in [0.05, 0.1) is 6.10 Å². The molecule has 216 valence electrons. The molecule has 6 rings (SSSR count). The first kappa shape index (κ1) is 29.7. The van der Waals surface area contributed by atoms with Gasteiger partial charge in [-0.1, -0.05) is 30.6 Å². The molecule has 4 heteroatoms. The Morgan fingerprint density at radius 2 is 1.73 bits per heavy atom. The maximum Gasteiger partial charge on any atom is 0.156 e. The van der Waals surface area contributed by atoms with Crippen molar-refractivity contribution in [1.82, 2.24) is 0 Å². The SMILES string of the molecule is C#Cc1ccc(SC)cc1.CC(C)N(C)c1ccc(C2CC3(C)C(O)CCC3C3CCC4=CC(=O)CCC4=C23)cc1. The fraction of sp³-hybridized carbons (Fsp3) is 0.486. The van der Waals surface area contributed by atoms with Crippen LogP contribution in [0.3, 0.4) is 0 Å². The molecule has 3 nitrogen and oxygen atoms in total. The van der Waals surface area contributed by atoms with Crippen LogP contribution in [-0.4, -0.2) is 36.3 Å². The van der Waals surface area contributed by atoms with E-state index in [4.69, 9.17) is 6.42 Å². The lowest BCUT2D eigenvalue weighted by atomic mass is 9.53. The van der Waals surface area contributed by atoms with Gasteiger partial charge in [0.2, 0.25) is 0 Å². The number of benzene rings is 2. The second-order valence-electron chi connectivity index (χ2n) is 12.8. The Morgan fingerprint density at radius 3 is 2.37 bits per heavy atom. The zero-order chi connectivity index (χ0) is 29.3. The summed E-state index contributed by atoms with van der Waals surface area (Å²) in [5.41, 5.74) is 7.99. The molecule has 0 saturated heterocycles. The molecule has 0 heterocycles. The zero-order valence-corrected chi connectivity index (χ0v) is 26.1. The van der Waals surface area contributed by atoms with Gasteiger partial charge < -0.3 is 10.0 Å². The van der Waals surface area contributed by atoms with E-state index in [0.29, 0.717) is 36.0 Å². The molecular formula is C37H45NO2S. The average molecular weight is 568 g/mol. The number of thioether (sulfide) groups is 1. The van der Waals surface area contributed by atoms with Crippen LogP contribution >= 0.6 is 11.8 Å². The Morgan fingerprint density at radius 1 is 1.02 bits per heavy atom. The van der Waals surface area contributed by atoms with Gasteiger partial charge in [0.15, 0.2) is 5.78 Å².